The smallest absolute Gasteiger partial charge is 0.335 e. The molecule has 2 aliphatic heterocycles. The second-order valence-electron chi connectivity index (χ2n) is 9.95. The van der Waals surface area contributed by atoms with E-state index in [1.165, 1.54) is 30.3 Å². The molecule has 0 amide bonds. The van der Waals surface area contributed by atoms with E-state index in [1.54, 1.807) is 4.57 Å². The number of nitrogens with zero attached hydrogens (tertiary/aromatic N) is 4. The standard InChI is InChI=1S/C29H24ClF3N4O4/c30-18-1-4-25(22(32)11-18)41-15-19-2-3-21(31)27(34-19)16-5-7-36(12-16)14-26-35-28-23(33)9-17(29(38)39)10-24(28)37(26)13-20-6-8-40-20/h1-5,9-11,20H,6-8,12-15H2,(H,38,39)/t20-/m0/s1. The Kier molecular flexibility index (Phi) is 7.41. The van der Waals surface area contributed by atoms with Crippen molar-refractivity contribution < 1.29 is 32.5 Å². The summed E-state index contributed by atoms with van der Waals surface area (Å²) in [6, 6.07) is 9.23. The van der Waals surface area contributed by atoms with E-state index in [0.717, 1.165) is 18.6 Å². The number of aromatic carboxylic acids is 1. The van der Waals surface area contributed by atoms with Gasteiger partial charge in [-0.25, -0.2) is 27.9 Å². The van der Waals surface area contributed by atoms with Crippen molar-refractivity contribution in [3.8, 4) is 5.75 Å². The van der Waals surface area contributed by atoms with E-state index in [0.29, 0.717) is 55.4 Å². The van der Waals surface area contributed by atoms with Gasteiger partial charge in [0.2, 0.25) is 0 Å². The number of rotatable bonds is 9. The number of benzene rings is 2. The molecule has 2 aliphatic rings. The van der Waals surface area contributed by atoms with Crippen LogP contribution >= 0.6 is 11.6 Å². The first-order valence-corrected chi connectivity index (χ1v) is 13.3. The van der Waals surface area contributed by atoms with Gasteiger partial charge >= 0.3 is 5.97 Å². The number of ether oxygens (including phenoxy) is 2. The van der Waals surface area contributed by atoms with Gasteiger partial charge in [-0.3, -0.25) is 4.90 Å². The average Bonchev–Trinajstić information content (AvgIpc) is 3.51. The summed E-state index contributed by atoms with van der Waals surface area (Å²) >= 11 is 5.78. The first-order valence-electron chi connectivity index (χ1n) is 12.9. The largest absolute Gasteiger partial charge is 0.484 e. The quantitative estimate of drug-likeness (QED) is 0.279. The molecule has 0 bridgehead atoms. The van der Waals surface area contributed by atoms with Crippen molar-refractivity contribution in [2.45, 2.75) is 32.2 Å². The molecule has 1 atom stereocenters. The topological polar surface area (TPSA) is 89.7 Å². The van der Waals surface area contributed by atoms with Gasteiger partial charge < -0.3 is 19.1 Å². The highest BCUT2D eigenvalue weighted by Gasteiger charge is 2.26. The Balaban J connectivity index is 1.20. The van der Waals surface area contributed by atoms with E-state index in [4.69, 9.17) is 21.1 Å². The Morgan fingerprint density at radius 3 is 2.66 bits per heavy atom. The van der Waals surface area contributed by atoms with E-state index < -0.39 is 23.4 Å². The van der Waals surface area contributed by atoms with E-state index in [2.05, 4.69) is 9.97 Å². The second-order valence-corrected chi connectivity index (χ2v) is 10.4. The van der Waals surface area contributed by atoms with E-state index in [-0.39, 0.29) is 40.3 Å². The number of halogens is 4. The summed E-state index contributed by atoms with van der Waals surface area (Å²) < 4.78 is 56.6. The van der Waals surface area contributed by atoms with E-state index >= 15 is 0 Å². The van der Waals surface area contributed by atoms with Crippen LogP contribution in [-0.4, -0.2) is 56.3 Å². The van der Waals surface area contributed by atoms with Crippen LogP contribution in [0.4, 0.5) is 13.2 Å². The summed E-state index contributed by atoms with van der Waals surface area (Å²) in [5.41, 5.74) is 1.56. The number of hydrogen-bond acceptors (Lipinski definition) is 6. The number of carboxylic acids is 1. The lowest BCUT2D eigenvalue weighted by Crippen LogP contribution is -2.32. The van der Waals surface area contributed by atoms with E-state index in [9.17, 15) is 23.1 Å². The van der Waals surface area contributed by atoms with Crippen LogP contribution in [0.5, 0.6) is 5.75 Å². The molecule has 6 rings (SSSR count). The van der Waals surface area contributed by atoms with Gasteiger partial charge in [0.05, 0.1) is 36.0 Å². The predicted octanol–water partition coefficient (Wildman–Crippen LogP) is 5.47. The maximum absolute atomic E-state index is 14.8. The Bertz CT molecular complexity index is 1690. The molecule has 41 heavy (non-hydrogen) atoms. The maximum Gasteiger partial charge on any atom is 0.335 e. The molecule has 12 heteroatoms. The normalized spacial score (nSPS) is 17.1. The lowest BCUT2D eigenvalue weighted by Gasteiger charge is -2.28. The van der Waals surface area contributed by atoms with Crippen molar-refractivity contribution in [2.75, 3.05) is 19.7 Å². The zero-order valence-corrected chi connectivity index (χ0v) is 22.4. The SMILES string of the molecule is O=C(O)c1cc(F)c2nc(CN3CC=C(c4nc(COc5ccc(Cl)cc5F)ccc4F)C3)n(C[C@@H]3CCO3)c2c1. The van der Waals surface area contributed by atoms with Crippen molar-refractivity contribution in [3.05, 3.63) is 93.8 Å². The predicted molar refractivity (Wildman–Crippen MR) is 144 cm³/mol. The minimum atomic E-state index is -1.23. The first-order chi connectivity index (χ1) is 19.7. The highest BCUT2D eigenvalue weighted by molar-refractivity contribution is 6.30. The van der Waals surface area contributed by atoms with Gasteiger partial charge in [0, 0.05) is 24.7 Å². The molecule has 1 N–H and O–H groups in total. The third-order valence-corrected chi connectivity index (χ3v) is 7.38. The third kappa shape index (κ3) is 5.65. The molecule has 8 nitrogen and oxygen atoms in total. The average molecular weight is 585 g/mol. The molecule has 4 aromatic rings. The molecule has 212 valence electrons. The number of hydrogen-bond donors (Lipinski definition) is 1. The summed E-state index contributed by atoms with van der Waals surface area (Å²) in [6.07, 6.45) is 2.63. The molecule has 1 fully saturated rings. The molecule has 2 aromatic heterocycles. The van der Waals surface area contributed by atoms with Gasteiger partial charge in [0.15, 0.2) is 17.4 Å². The number of carbonyl (C=O) groups is 1. The van der Waals surface area contributed by atoms with E-state index in [1.807, 2.05) is 11.0 Å². The lowest BCUT2D eigenvalue weighted by molar-refractivity contribution is -0.0591. The van der Waals surface area contributed by atoms with Crippen LogP contribution in [0.2, 0.25) is 5.02 Å². The van der Waals surface area contributed by atoms with Gasteiger partial charge in [-0.15, -0.1) is 0 Å². The number of imidazole rings is 1. The summed E-state index contributed by atoms with van der Waals surface area (Å²) in [7, 11) is 0. The van der Waals surface area contributed by atoms with Crippen molar-refractivity contribution in [3.63, 3.8) is 0 Å². The Morgan fingerprint density at radius 1 is 1.10 bits per heavy atom. The molecular weight excluding hydrogens is 561 g/mol. The van der Waals surface area contributed by atoms with Crippen LogP contribution < -0.4 is 4.74 Å². The molecular formula is C29H24ClF3N4O4. The fraction of sp³-hybridized carbons (Fsp3) is 0.276. The number of fused-ring (bicyclic) bond motifs is 1. The van der Waals surface area contributed by atoms with Gasteiger partial charge in [0.1, 0.15) is 29.5 Å². The first kappa shape index (κ1) is 27.3. The minimum Gasteiger partial charge on any atom is -0.484 e. The Morgan fingerprint density at radius 2 is 1.93 bits per heavy atom. The van der Waals surface area contributed by atoms with Crippen LogP contribution in [0.15, 0.2) is 48.5 Å². The monoisotopic (exact) mass is 584 g/mol. The molecule has 0 unspecified atom stereocenters. The van der Waals surface area contributed by atoms with Crippen LogP contribution in [0.25, 0.3) is 16.6 Å². The zero-order chi connectivity index (χ0) is 28.7. The lowest BCUT2D eigenvalue weighted by atomic mass is 10.1. The number of carboxylic acid groups (broad SMARTS) is 1. The van der Waals surface area contributed by atoms with Crippen LogP contribution in [-0.2, 0) is 24.4 Å². The number of pyridine rings is 1. The molecule has 0 radical (unpaired) electrons. The van der Waals surface area contributed by atoms with Crippen molar-refractivity contribution in [1.29, 1.82) is 0 Å². The third-order valence-electron chi connectivity index (χ3n) is 7.15. The highest BCUT2D eigenvalue weighted by Crippen LogP contribution is 2.28. The van der Waals surface area contributed by atoms with Crippen molar-refractivity contribution in [2.24, 2.45) is 0 Å². The molecule has 0 saturated carbocycles. The summed E-state index contributed by atoms with van der Waals surface area (Å²) in [6.45, 7) is 2.11. The number of aromatic nitrogens is 3. The molecule has 1 saturated heterocycles. The zero-order valence-electron chi connectivity index (χ0n) is 21.6. The maximum atomic E-state index is 14.8. The van der Waals surface area contributed by atoms with Gasteiger partial charge in [-0.05, 0) is 54.5 Å². The molecule has 0 spiro atoms. The fourth-order valence-corrected chi connectivity index (χ4v) is 5.10. The Hall–Kier alpha value is -3.93. The summed E-state index contributed by atoms with van der Waals surface area (Å²) in [5.74, 6) is -2.49. The molecule has 0 aliphatic carbocycles. The fourth-order valence-electron chi connectivity index (χ4n) is 4.94. The van der Waals surface area contributed by atoms with Gasteiger partial charge in [-0.1, -0.05) is 17.7 Å². The Labute approximate surface area is 237 Å². The highest BCUT2D eigenvalue weighted by atomic mass is 35.5. The minimum absolute atomic E-state index is 0.00966. The van der Waals surface area contributed by atoms with Gasteiger partial charge in [0.25, 0.3) is 0 Å². The van der Waals surface area contributed by atoms with Crippen LogP contribution in [0.1, 0.15) is 34.0 Å². The van der Waals surface area contributed by atoms with Gasteiger partial charge in [-0.2, -0.15) is 0 Å². The van der Waals surface area contributed by atoms with Crippen LogP contribution in [0.3, 0.4) is 0 Å². The van der Waals surface area contributed by atoms with Crippen molar-refractivity contribution >= 4 is 34.2 Å². The van der Waals surface area contributed by atoms with Crippen LogP contribution in [0, 0.1) is 17.5 Å². The summed E-state index contributed by atoms with van der Waals surface area (Å²) in [4.78, 5) is 22.5. The summed E-state index contributed by atoms with van der Waals surface area (Å²) in [5, 5.41) is 9.67. The second kappa shape index (κ2) is 11.2. The molecule has 4 heterocycles. The van der Waals surface area contributed by atoms with Crippen molar-refractivity contribution in [1.82, 2.24) is 19.4 Å². The molecule has 2 aromatic carbocycles.